The van der Waals surface area contributed by atoms with Gasteiger partial charge in [-0.2, -0.15) is 0 Å². The number of carbonyl (C=O) groups is 4. The molecule has 0 spiro atoms. The highest BCUT2D eigenvalue weighted by molar-refractivity contribution is 5.77. The van der Waals surface area contributed by atoms with E-state index in [1.54, 1.807) is 18.2 Å². The van der Waals surface area contributed by atoms with Crippen molar-refractivity contribution < 1.29 is 42.9 Å². The predicted molar refractivity (Wildman–Crippen MR) is 205 cm³/mol. The molecule has 2 fully saturated rings. The van der Waals surface area contributed by atoms with E-state index < -0.39 is 0 Å². The zero-order valence-corrected chi connectivity index (χ0v) is 32.1. The summed E-state index contributed by atoms with van der Waals surface area (Å²) in [5.74, 6) is -0.946. The van der Waals surface area contributed by atoms with E-state index in [9.17, 15) is 19.2 Å². The van der Waals surface area contributed by atoms with Crippen LogP contribution in [0.2, 0.25) is 0 Å². The second-order valence-corrected chi connectivity index (χ2v) is 14.7. The highest BCUT2D eigenvalue weighted by atomic mass is 16.6. The van der Waals surface area contributed by atoms with Gasteiger partial charge in [-0.3, -0.25) is 19.2 Å². The van der Waals surface area contributed by atoms with E-state index in [0.29, 0.717) is 82.8 Å². The van der Waals surface area contributed by atoms with Crippen molar-refractivity contribution in [2.75, 3.05) is 7.11 Å². The normalized spacial score (nSPS) is 19.7. The quantitative estimate of drug-likeness (QED) is 0.0989. The first-order valence-corrected chi connectivity index (χ1v) is 19.9. The van der Waals surface area contributed by atoms with E-state index in [-0.39, 0.29) is 59.4 Å². The zero-order chi connectivity index (χ0) is 38.3. The van der Waals surface area contributed by atoms with Crippen LogP contribution in [-0.4, -0.2) is 43.2 Å². The fourth-order valence-corrected chi connectivity index (χ4v) is 7.32. The zero-order valence-electron chi connectivity index (χ0n) is 32.1. The molecule has 0 unspecified atom stereocenters. The molecule has 9 heteroatoms. The maximum Gasteiger partial charge on any atom is 0.314 e. The van der Waals surface area contributed by atoms with Crippen molar-refractivity contribution in [2.24, 2.45) is 11.8 Å². The highest BCUT2D eigenvalue weighted by Crippen LogP contribution is 2.35. The Balaban J connectivity index is 0.991. The Morgan fingerprint density at radius 1 is 0.519 bits per heavy atom. The SMILES string of the molecule is CCCc1ccc(CCC(=O)OC2CCC(C(=O)Oc3ccc(OC(=O)C4CCC(OC(=O)CCc5ccc(CCC)cc5)CC4)c(OC)c3)CC2)cc1. The molecule has 2 aliphatic rings. The summed E-state index contributed by atoms with van der Waals surface area (Å²) >= 11 is 0. The van der Waals surface area contributed by atoms with Gasteiger partial charge in [0.2, 0.25) is 0 Å². The van der Waals surface area contributed by atoms with Gasteiger partial charge < -0.3 is 23.7 Å². The van der Waals surface area contributed by atoms with Gasteiger partial charge in [-0.05, 0) is 111 Å². The minimum Gasteiger partial charge on any atom is -0.493 e. The molecule has 3 aromatic carbocycles. The van der Waals surface area contributed by atoms with Crippen LogP contribution in [0, 0.1) is 11.8 Å². The minimum absolute atomic E-state index is 0.198. The van der Waals surface area contributed by atoms with E-state index in [1.165, 1.54) is 18.2 Å². The maximum absolute atomic E-state index is 13.1. The molecule has 0 saturated heterocycles. The summed E-state index contributed by atoms with van der Waals surface area (Å²) in [7, 11) is 1.46. The van der Waals surface area contributed by atoms with Crippen LogP contribution >= 0.6 is 0 Å². The molecule has 9 nitrogen and oxygen atoms in total. The number of hydrogen-bond acceptors (Lipinski definition) is 9. The largest absolute Gasteiger partial charge is 0.493 e. The lowest BCUT2D eigenvalue weighted by Crippen LogP contribution is -2.30. The molecule has 2 saturated carbocycles. The van der Waals surface area contributed by atoms with E-state index >= 15 is 0 Å². The molecular weight excluding hydrogens is 684 g/mol. The molecule has 0 aromatic heterocycles. The molecule has 0 heterocycles. The lowest BCUT2D eigenvalue weighted by Gasteiger charge is -2.27. The first kappa shape index (κ1) is 40.5. The third-order valence-corrected chi connectivity index (χ3v) is 10.5. The molecule has 0 aliphatic heterocycles. The highest BCUT2D eigenvalue weighted by Gasteiger charge is 2.32. The van der Waals surface area contributed by atoms with Gasteiger partial charge in [0.05, 0.1) is 18.9 Å². The maximum atomic E-state index is 13.1. The summed E-state index contributed by atoms with van der Waals surface area (Å²) in [6.45, 7) is 4.32. The van der Waals surface area contributed by atoms with Gasteiger partial charge in [-0.1, -0.05) is 75.2 Å². The number of carbonyl (C=O) groups excluding carboxylic acids is 4. The Morgan fingerprint density at radius 2 is 0.926 bits per heavy atom. The summed E-state index contributed by atoms with van der Waals surface area (Å²) in [5.41, 5.74) is 4.85. The topological polar surface area (TPSA) is 114 Å². The van der Waals surface area contributed by atoms with Gasteiger partial charge in [-0.25, -0.2) is 0 Å². The van der Waals surface area contributed by atoms with Crippen molar-refractivity contribution >= 4 is 23.9 Å². The summed E-state index contributed by atoms with van der Waals surface area (Å²) < 4.78 is 28.3. The third-order valence-electron chi connectivity index (χ3n) is 10.5. The average Bonchev–Trinajstić information content (AvgIpc) is 3.18. The number of aryl methyl sites for hydroxylation is 4. The number of ether oxygens (including phenoxy) is 5. The summed E-state index contributed by atoms with van der Waals surface area (Å²) in [5, 5.41) is 0. The van der Waals surface area contributed by atoms with Crippen LogP contribution in [0.15, 0.2) is 66.7 Å². The van der Waals surface area contributed by atoms with E-state index in [2.05, 4.69) is 62.4 Å². The van der Waals surface area contributed by atoms with Crippen molar-refractivity contribution in [1.29, 1.82) is 0 Å². The van der Waals surface area contributed by atoms with Crippen molar-refractivity contribution in [3.05, 3.63) is 89.0 Å². The number of esters is 4. The number of hydrogen-bond donors (Lipinski definition) is 0. The van der Waals surface area contributed by atoms with Gasteiger partial charge in [0, 0.05) is 18.9 Å². The molecule has 54 heavy (non-hydrogen) atoms. The lowest BCUT2D eigenvalue weighted by molar-refractivity contribution is -0.153. The number of methoxy groups -OCH3 is 1. The summed E-state index contributed by atoms with van der Waals surface area (Å²) in [4.78, 5) is 51.1. The van der Waals surface area contributed by atoms with Gasteiger partial charge in [0.1, 0.15) is 18.0 Å². The Morgan fingerprint density at radius 3 is 1.33 bits per heavy atom. The van der Waals surface area contributed by atoms with Gasteiger partial charge >= 0.3 is 23.9 Å². The van der Waals surface area contributed by atoms with Gasteiger partial charge in [0.25, 0.3) is 0 Å². The molecule has 0 radical (unpaired) electrons. The van der Waals surface area contributed by atoms with Crippen LogP contribution in [-0.2, 0) is 54.3 Å². The summed E-state index contributed by atoms with van der Waals surface area (Å²) in [6, 6.07) is 21.5. The van der Waals surface area contributed by atoms with E-state index in [1.807, 2.05) is 0 Å². The van der Waals surface area contributed by atoms with Crippen LogP contribution in [0.5, 0.6) is 17.2 Å². The Labute approximate surface area is 320 Å². The first-order valence-electron chi connectivity index (χ1n) is 19.9. The van der Waals surface area contributed by atoms with Crippen molar-refractivity contribution in [2.45, 2.75) is 129 Å². The fourth-order valence-electron chi connectivity index (χ4n) is 7.32. The molecule has 0 amide bonds. The van der Waals surface area contributed by atoms with Crippen LogP contribution < -0.4 is 14.2 Å². The molecule has 290 valence electrons. The molecule has 0 atom stereocenters. The van der Waals surface area contributed by atoms with Gasteiger partial charge in [-0.15, -0.1) is 0 Å². The van der Waals surface area contributed by atoms with Crippen molar-refractivity contribution in [3.8, 4) is 17.2 Å². The minimum atomic E-state index is -0.368. The first-order chi connectivity index (χ1) is 26.2. The molecule has 0 bridgehead atoms. The fraction of sp³-hybridized carbons (Fsp3) is 0.511. The Kier molecular flexibility index (Phi) is 15.5. The lowest BCUT2D eigenvalue weighted by atomic mass is 9.87. The Hall–Kier alpha value is -4.66. The third kappa shape index (κ3) is 12.5. The molecule has 0 N–H and O–H groups in total. The van der Waals surface area contributed by atoms with Crippen molar-refractivity contribution in [3.63, 3.8) is 0 Å². The molecule has 3 aromatic rings. The predicted octanol–water partition coefficient (Wildman–Crippen LogP) is 8.88. The van der Waals surface area contributed by atoms with E-state index in [4.69, 9.17) is 23.7 Å². The second-order valence-electron chi connectivity index (χ2n) is 14.7. The van der Waals surface area contributed by atoms with E-state index in [0.717, 1.165) is 36.8 Å². The molecule has 5 rings (SSSR count). The van der Waals surface area contributed by atoms with Crippen molar-refractivity contribution in [1.82, 2.24) is 0 Å². The second kappa shape index (κ2) is 20.7. The molecule has 2 aliphatic carbocycles. The summed E-state index contributed by atoms with van der Waals surface area (Å²) in [6.07, 6.45) is 10.5. The van der Waals surface area contributed by atoms with Gasteiger partial charge in [0.15, 0.2) is 11.5 Å². The monoisotopic (exact) mass is 740 g/mol. The van der Waals surface area contributed by atoms with Crippen LogP contribution in [0.3, 0.4) is 0 Å². The smallest absolute Gasteiger partial charge is 0.314 e. The van der Waals surface area contributed by atoms with Crippen LogP contribution in [0.1, 0.15) is 113 Å². The van der Waals surface area contributed by atoms with Crippen LogP contribution in [0.4, 0.5) is 0 Å². The Bertz CT molecular complexity index is 1660. The number of rotatable bonds is 17. The molecular formula is C45H56O9. The number of benzene rings is 3. The van der Waals surface area contributed by atoms with Crippen LogP contribution in [0.25, 0.3) is 0 Å². The standard InChI is InChI=1S/C45H56O9/c1-4-6-31-8-12-33(13-9-31)16-28-42(46)51-37-22-18-35(19-23-37)44(48)53-39-26-27-40(41(30-39)50-3)54-45(49)36-20-24-38(25-21-36)52-43(47)29-17-34-14-10-32(7-5-2)11-15-34/h8-15,26-27,30,35-38H,4-7,16-25,28-29H2,1-3H3. The average molecular weight is 741 g/mol.